The van der Waals surface area contributed by atoms with E-state index in [4.69, 9.17) is 0 Å². The van der Waals surface area contributed by atoms with Crippen LogP contribution in [0.5, 0.6) is 0 Å². The van der Waals surface area contributed by atoms with Crippen LogP contribution in [-0.4, -0.2) is 44.3 Å². The van der Waals surface area contributed by atoms with Crippen LogP contribution in [0.1, 0.15) is 41.3 Å². The van der Waals surface area contributed by atoms with E-state index in [1.165, 1.54) is 0 Å². The van der Waals surface area contributed by atoms with Crippen LogP contribution in [0.4, 0.5) is 0 Å². The summed E-state index contributed by atoms with van der Waals surface area (Å²) < 4.78 is 0. The van der Waals surface area contributed by atoms with Gasteiger partial charge in [-0.25, -0.2) is 9.97 Å². The molecule has 30 heavy (non-hydrogen) atoms. The monoisotopic (exact) mass is 404 g/mol. The maximum absolute atomic E-state index is 12.9. The van der Waals surface area contributed by atoms with E-state index in [1.807, 2.05) is 44.3 Å². The molecule has 0 saturated heterocycles. The second-order valence-corrected chi connectivity index (χ2v) is 7.85. The first-order chi connectivity index (χ1) is 14.4. The number of aryl methyl sites for hydroxylation is 1. The Morgan fingerprint density at radius 2 is 1.83 bits per heavy atom. The van der Waals surface area contributed by atoms with Crippen molar-refractivity contribution < 1.29 is 4.79 Å². The molecule has 0 aliphatic rings. The van der Waals surface area contributed by atoms with Gasteiger partial charge in [0, 0.05) is 25.5 Å². The molecule has 0 fully saturated rings. The summed E-state index contributed by atoms with van der Waals surface area (Å²) in [5, 5.41) is 2.95. The molecule has 0 spiro atoms. The molecule has 0 atom stereocenters. The van der Waals surface area contributed by atoms with E-state index < -0.39 is 0 Å². The Hall–Kier alpha value is -3.19. The summed E-state index contributed by atoms with van der Waals surface area (Å²) in [4.78, 5) is 32.9. The van der Waals surface area contributed by atoms with Gasteiger partial charge in [-0.3, -0.25) is 19.7 Å². The van der Waals surface area contributed by atoms with Gasteiger partial charge in [0.1, 0.15) is 17.2 Å². The number of benzene rings is 1. The molecule has 3 rings (SSSR count). The summed E-state index contributed by atoms with van der Waals surface area (Å²) in [6.07, 6.45) is 4.91. The first-order valence-corrected chi connectivity index (χ1v) is 10.1. The SMILES string of the molecule is Cc1cnc(-c2nc(CN(C)CC(C)C)ncc2C(=O)NCc2ccccc2)cn1. The van der Waals surface area contributed by atoms with Crippen LogP contribution in [0.2, 0.25) is 0 Å². The molecule has 156 valence electrons. The molecular formula is C23H28N6O. The van der Waals surface area contributed by atoms with E-state index in [-0.39, 0.29) is 5.91 Å². The van der Waals surface area contributed by atoms with Crippen molar-refractivity contribution in [2.75, 3.05) is 13.6 Å². The first-order valence-electron chi connectivity index (χ1n) is 10.1. The summed E-state index contributed by atoms with van der Waals surface area (Å²) in [5.74, 6) is 0.953. The topological polar surface area (TPSA) is 83.9 Å². The predicted molar refractivity (Wildman–Crippen MR) is 117 cm³/mol. The molecule has 0 bridgehead atoms. The highest BCUT2D eigenvalue weighted by Crippen LogP contribution is 2.19. The van der Waals surface area contributed by atoms with Crippen molar-refractivity contribution in [3.63, 3.8) is 0 Å². The molecule has 0 radical (unpaired) electrons. The van der Waals surface area contributed by atoms with Crippen LogP contribution in [0.25, 0.3) is 11.4 Å². The fourth-order valence-corrected chi connectivity index (χ4v) is 3.17. The Morgan fingerprint density at radius 1 is 1.07 bits per heavy atom. The lowest BCUT2D eigenvalue weighted by atomic mass is 10.1. The molecule has 7 nitrogen and oxygen atoms in total. The van der Waals surface area contributed by atoms with Crippen molar-refractivity contribution in [1.29, 1.82) is 0 Å². The minimum absolute atomic E-state index is 0.238. The summed E-state index contributed by atoms with van der Waals surface area (Å²) in [5.41, 5.74) is 3.27. The van der Waals surface area contributed by atoms with Gasteiger partial charge in [0.15, 0.2) is 0 Å². The van der Waals surface area contributed by atoms with E-state index >= 15 is 0 Å². The number of aromatic nitrogens is 4. The van der Waals surface area contributed by atoms with Crippen molar-refractivity contribution in [2.45, 2.75) is 33.9 Å². The third kappa shape index (κ3) is 5.90. The van der Waals surface area contributed by atoms with Gasteiger partial charge in [0.05, 0.1) is 24.0 Å². The zero-order chi connectivity index (χ0) is 21.5. The smallest absolute Gasteiger partial charge is 0.255 e. The van der Waals surface area contributed by atoms with Crippen LogP contribution in [0.15, 0.2) is 48.9 Å². The number of hydrogen-bond donors (Lipinski definition) is 1. The molecule has 0 saturated carbocycles. The molecule has 1 amide bonds. The highest BCUT2D eigenvalue weighted by atomic mass is 16.1. The van der Waals surface area contributed by atoms with Crippen LogP contribution < -0.4 is 5.32 Å². The maximum Gasteiger partial charge on any atom is 0.255 e. The highest BCUT2D eigenvalue weighted by molar-refractivity contribution is 5.99. The van der Waals surface area contributed by atoms with Crippen molar-refractivity contribution in [3.05, 3.63) is 71.6 Å². The summed E-state index contributed by atoms with van der Waals surface area (Å²) >= 11 is 0. The first kappa shape index (κ1) is 21.5. The Labute approximate surface area is 177 Å². The Balaban J connectivity index is 1.87. The lowest BCUT2D eigenvalue weighted by Gasteiger charge is -2.18. The van der Waals surface area contributed by atoms with E-state index in [0.717, 1.165) is 17.8 Å². The van der Waals surface area contributed by atoms with Gasteiger partial charge in [-0.05, 0) is 25.5 Å². The average molecular weight is 405 g/mol. The van der Waals surface area contributed by atoms with Crippen molar-refractivity contribution in [3.8, 4) is 11.4 Å². The lowest BCUT2D eigenvalue weighted by Crippen LogP contribution is -2.26. The van der Waals surface area contributed by atoms with Gasteiger partial charge >= 0.3 is 0 Å². The molecule has 2 aromatic heterocycles. The van der Waals surface area contributed by atoms with Crippen molar-refractivity contribution in [2.24, 2.45) is 5.92 Å². The average Bonchev–Trinajstić information content (AvgIpc) is 2.72. The second-order valence-electron chi connectivity index (χ2n) is 7.85. The van der Waals surface area contributed by atoms with Crippen LogP contribution in [0, 0.1) is 12.8 Å². The zero-order valence-corrected chi connectivity index (χ0v) is 18.0. The van der Waals surface area contributed by atoms with Gasteiger partial charge in [-0.15, -0.1) is 0 Å². The van der Waals surface area contributed by atoms with Gasteiger partial charge < -0.3 is 5.32 Å². The number of amides is 1. The number of nitrogens with zero attached hydrogens (tertiary/aromatic N) is 5. The molecule has 2 heterocycles. The molecule has 7 heteroatoms. The second kappa shape index (κ2) is 10.0. The number of carbonyl (C=O) groups excluding carboxylic acids is 1. The van der Waals surface area contributed by atoms with E-state index in [0.29, 0.717) is 41.8 Å². The van der Waals surface area contributed by atoms with Gasteiger partial charge in [-0.2, -0.15) is 0 Å². The number of carbonyl (C=O) groups is 1. The molecule has 3 aromatic rings. The van der Waals surface area contributed by atoms with Gasteiger partial charge in [0.25, 0.3) is 5.91 Å². The third-order valence-corrected chi connectivity index (χ3v) is 4.49. The van der Waals surface area contributed by atoms with Crippen molar-refractivity contribution in [1.82, 2.24) is 30.2 Å². The largest absolute Gasteiger partial charge is 0.348 e. The Bertz CT molecular complexity index is 973. The molecule has 1 aromatic carbocycles. The summed E-state index contributed by atoms with van der Waals surface area (Å²) in [6.45, 7) is 8.17. The quantitative estimate of drug-likeness (QED) is 0.620. The summed E-state index contributed by atoms with van der Waals surface area (Å²) in [6, 6.07) is 9.77. The molecule has 0 aliphatic carbocycles. The number of nitrogens with one attached hydrogen (secondary N) is 1. The van der Waals surface area contributed by atoms with Crippen LogP contribution >= 0.6 is 0 Å². The molecule has 0 aliphatic heterocycles. The van der Waals surface area contributed by atoms with Gasteiger partial charge in [0.2, 0.25) is 0 Å². The Kier molecular flexibility index (Phi) is 7.19. The lowest BCUT2D eigenvalue weighted by molar-refractivity contribution is 0.0950. The van der Waals surface area contributed by atoms with E-state index in [1.54, 1.807) is 18.6 Å². The standard InChI is InChI=1S/C23H28N6O/c1-16(2)14-29(4)15-21-26-12-19(22(28-21)20-13-24-17(3)10-25-20)23(30)27-11-18-8-6-5-7-9-18/h5-10,12-13,16H,11,14-15H2,1-4H3,(H,27,30). The zero-order valence-electron chi connectivity index (χ0n) is 18.0. The van der Waals surface area contributed by atoms with Crippen molar-refractivity contribution >= 4 is 5.91 Å². The van der Waals surface area contributed by atoms with E-state index in [9.17, 15) is 4.79 Å². The molecule has 0 unspecified atom stereocenters. The number of hydrogen-bond acceptors (Lipinski definition) is 6. The normalized spacial score (nSPS) is 11.1. The summed E-state index contributed by atoms with van der Waals surface area (Å²) in [7, 11) is 2.04. The highest BCUT2D eigenvalue weighted by Gasteiger charge is 2.18. The van der Waals surface area contributed by atoms with E-state index in [2.05, 4.69) is 44.0 Å². The molecule has 1 N–H and O–H groups in total. The Morgan fingerprint density at radius 3 is 2.50 bits per heavy atom. The van der Waals surface area contributed by atoms with Crippen LogP contribution in [-0.2, 0) is 13.1 Å². The van der Waals surface area contributed by atoms with Crippen LogP contribution in [0.3, 0.4) is 0 Å². The fourth-order valence-electron chi connectivity index (χ4n) is 3.17. The maximum atomic E-state index is 12.9. The third-order valence-electron chi connectivity index (χ3n) is 4.49. The minimum Gasteiger partial charge on any atom is -0.348 e. The molecular weight excluding hydrogens is 376 g/mol. The number of rotatable bonds is 8. The minimum atomic E-state index is -0.238. The predicted octanol–water partition coefficient (Wildman–Crippen LogP) is 3.26. The van der Waals surface area contributed by atoms with Gasteiger partial charge in [-0.1, -0.05) is 44.2 Å². The fraction of sp³-hybridized carbons (Fsp3) is 0.348.